The predicted molar refractivity (Wildman–Crippen MR) is 98.8 cm³/mol. The molecular formula is C21H38O4. The standard InChI is InChI=1S/C21H38O4/c1-2-3-4-5-6-7-8-9-10-16(22)17-11-12-18(24-17)19-13-14-20(25-19)21-15-23-21/h16-22H,2-15H2,1H3/t16-,17+,18+,19+,20+,21-/m0/s1. The third kappa shape index (κ3) is 6.20. The molecule has 3 rings (SSSR count). The zero-order valence-corrected chi connectivity index (χ0v) is 16.0. The van der Waals surface area contributed by atoms with Crippen molar-refractivity contribution in [2.75, 3.05) is 6.61 Å². The third-order valence-corrected chi connectivity index (χ3v) is 6.14. The molecule has 0 radical (unpaired) electrons. The minimum absolute atomic E-state index is 0.0226. The Morgan fingerprint density at radius 3 is 2.00 bits per heavy atom. The average Bonchev–Trinajstić information content (AvgIpc) is 3.15. The van der Waals surface area contributed by atoms with Crippen LogP contribution in [0.2, 0.25) is 0 Å². The van der Waals surface area contributed by atoms with Crippen molar-refractivity contribution in [2.24, 2.45) is 0 Å². The van der Waals surface area contributed by atoms with Crippen molar-refractivity contribution in [1.82, 2.24) is 0 Å². The van der Waals surface area contributed by atoms with Gasteiger partial charge in [0.15, 0.2) is 0 Å². The van der Waals surface area contributed by atoms with Crippen LogP contribution in [-0.4, -0.2) is 48.3 Å². The summed E-state index contributed by atoms with van der Waals surface area (Å²) < 4.78 is 17.6. The van der Waals surface area contributed by atoms with Gasteiger partial charge in [0.25, 0.3) is 0 Å². The van der Waals surface area contributed by atoms with Gasteiger partial charge in [0.2, 0.25) is 0 Å². The molecule has 3 aliphatic rings. The van der Waals surface area contributed by atoms with Crippen molar-refractivity contribution in [2.45, 2.75) is 127 Å². The van der Waals surface area contributed by atoms with Crippen LogP contribution in [0.15, 0.2) is 0 Å². The van der Waals surface area contributed by atoms with Crippen LogP contribution in [0.3, 0.4) is 0 Å². The molecule has 0 spiro atoms. The lowest BCUT2D eigenvalue weighted by molar-refractivity contribution is -0.0955. The van der Waals surface area contributed by atoms with Crippen LogP contribution in [0.4, 0.5) is 0 Å². The van der Waals surface area contributed by atoms with E-state index in [1.807, 2.05) is 0 Å². The Labute approximate surface area is 153 Å². The molecule has 3 heterocycles. The molecule has 3 aliphatic heterocycles. The molecule has 0 saturated carbocycles. The van der Waals surface area contributed by atoms with Crippen molar-refractivity contribution < 1.29 is 19.3 Å². The third-order valence-electron chi connectivity index (χ3n) is 6.14. The van der Waals surface area contributed by atoms with Gasteiger partial charge in [-0.05, 0) is 32.1 Å². The van der Waals surface area contributed by atoms with E-state index < -0.39 is 0 Å². The Hall–Kier alpha value is -0.160. The summed E-state index contributed by atoms with van der Waals surface area (Å²) in [7, 11) is 0. The van der Waals surface area contributed by atoms with Gasteiger partial charge in [-0.1, -0.05) is 58.3 Å². The number of epoxide rings is 1. The van der Waals surface area contributed by atoms with Crippen LogP contribution in [0.1, 0.15) is 90.4 Å². The number of rotatable bonds is 12. The smallest absolute Gasteiger partial charge is 0.107 e. The maximum atomic E-state index is 10.4. The van der Waals surface area contributed by atoms with Gasteiger partial charge in [-0.25, -0.2) is 0 Å². The topological polar surface area (TPSA) is 51.2 Å². The summed E-state index contributed by atoms with van der Waals surface area (Å²) in [5.74, 6) is 0. The van der Waals surface area contributed by atoms with E-state index in [1.54, 1.807) is 0 Å². The largest absolute Gasteiger partial charge is 0.390 e. The van der Waals surface area contributed by atoms with E-state index >= 15 is 0 Å². The van der Waals surface area contributed by atoms with E-state index in [1.165, 1.54) is 44.9 Å². The highest BCUT2D eigenvalue weighted by Gasteiger charge is 2.44. The molecule has 0 aromatic heterocycles. The van der Waals surface area contributed by atoms with Gasteiger partial charge in [0, 0.05) is 0 Å². The highest BCUT2D eigenvalue weighted by atomic mass is 16.6. The van der Waals surface area contributed by atoms with Crippen molar-refractivity contribution in [3.63, 3.8) is 0 Å². The Morgan fingerprint density at radius 2 is 1.32 bits per heavy atom. The van der Waals surface area contributed by atoms with E-state index in [0.717, 1.165) is 45.1 Å². The van der Waals surface area contributed by atoms with E-state index in [0.29, 0.717) is 6.10 Å². The molecule has 4 heteroatoms. The average molecular weight is 355 g/mol. The van der Waals surface area contributed by atoms with Crippen LogP contribution < -0.4 is 0 Å². The van der Waals surface area contributed by atoms with E-state index in [9.17, 15) is 5.11 Å². The number of hydrogen-bond donors (Lipinski definition) is 1. The molecule has 0 aromatic carbocycles. The SMILES string of the molecule is CCCCCCCCCC[C@H](O)[C@H]1CC[C@H]([C@H]2CC[C@H]([C@@H]3CO3)O2)O1. The highest BCUT2D eigenvalue weighted by molar-refractivity contribution is 4.91. The molecular weight excluding hydrogens is 316 g/mol. The quantitative estimate of drug-likeness (QED) is 0.418. The molecule has 0 aliphatic carbocycles. The number of hydrogen-bond acceptors (Lipinski definition) is 4. The fourth-order valence-electron chi connectivity index (χ4n) is 4.43. The van der Waals surface area contributed by atoms with Gasteiger partial charge in [-0.2, -0.15) is 0 Å². The lowest BCUT2D eigenvalue weighted by Crippen LogP contribution is -2.31. The normalized spacial score (nSPS) is 36.0. The summed E-state index contributed by atoms with van der Waals surface area (Å²) in [6.07, 6.45) is 16.3. The molecule has 6 atom stereocenters. The zero-order valence-electron chi connectivity index (χ0n) is 16.0. The lowest BCUT2D eigenvalue weighted by atomic mass is 10.0. The summed E-state index contributed by atoms with van der Waals surface area (Å²) in [5, 5.41) is 10.4. The first-order valence-corrected chi connectivity index (χ1v) is 10.9. The predicted octanol–water partition coefficient (Wildman–Crippen LogP) is 4.37. The summed E-state index contributed by atoms with van der Waals surface area (Å²) in [6.45, 7) is 3.12. The van der Waals surface area contributed by atoms with Crippen molar-refractivity contribution in [3.05, 3.63) is 0 Å². The lowest BCUT2D eigenvalue weighted by Gasteiger charge is -2.22. The zero-order chi connectivity index (χ0) is 17.5. The summed E-state index contributed by atoms with van der Waals surface area (Å²) in [4.78, 5) is 0. The van der Waals surface area contributed by atoms with Crippen LogP contribution >= 0.6 is 0 Å². The number of aliphatic hydroxyl groups is 1. The minimum Gasteiger partial charge on any atom is -0.390 e. The molecule has 1 N–H and O–H groups in total. The first kappa shape index (κ1) is 19.6. The molecule has 25 heavy (non-hydrogen) atoms. The summed E-state index contributed by atoms with van der Waals surface area (Å²) in [6, 6.07) is 0. The Bertz CT molecular complexity index is 371. The van der Waals surface area contributed by atoms with Crippen LogP contribution in [0, 0.1) is 0 Å². The second kappa shape index (κ2) is 10.2. The molecule has 0 bridgehead atoms. The highest BCUT2D eigenvalue weighted by Crippen LogP contribution is 2.36. The molecule has 0 aromatic rings. The monoisotopic (exact) mass is 354 g/mol. The fraction of sp³-hybridized carbons (Fsp3) is 1.00. The van der Waals surface area contributed by atoms with Crippen molar-refractivity contribution in [1.29, 1.82) is 0 Å². The van der Waals surface area contributed by atoms with Gasteiger partial charge < -0.3 is 19.3 Å². The molecule has 146 valence electrons. The van der Waals surface area contributed by atoms with Crippen molar-refractivity contribution in [3.8, 4) is 0 Å². The Morgan fingerprint density at radius 1 is 0.760 bits per heavy atom. The minimum atomic E-state index is -0.297. The van der Waals surface area contributed by atoms with Gasteiger partial charge in [0.1, 0.15) is 6.10 Å². The second-order valence-electron chi connectivity index (χ2n) is 8.28. The Balaban J connectivity index is 1.23. The maximum absolute atomic E-state index is 10.4. The van der Waals surface area contributed by atoms with Crippen molar-refractivity contribution >= 4 is 0 Å². The molecule has 0 unspecified atom stereocenters. The fourth-order valence-corrected chi connectivity index (χ4v) is 4.43. The van der Waals surface area contributed by atoms with E-state index in [4.69, 9.17) is 14.2 Å². The molecule has 0 amide bonds. The second-order valence-corrected chi connectivity index (χ2v) is 8.28. The van der Waals surface area contributed by atoms with Gasteiger partial charge in [-0.15, -0.1) is 0 Å². The summed E-state index contributed by atoms with van der Waals surface area (Å²) >= 11 is 0. The first-order valence-electron chi connectivity index (χ1n) is 10.9. The van der Waals surface area contributed by atoms with Crippen LogP contribution in [0.25, 0.3) is 0 Å². The number of aliphatic hydroxyl groups excluding tert-OH is 1. The van der Waals surface area contributed by atoms with Gasteiger partial charge in [0.05, 0.1) is 37.1 Å². The summed E-state index contributed by atoms with van der Waals surface area (Å²) in [5.41, 5.74) is 0. The van der Waals surface area contributed by atoms with Gasteiger partial charge >= 0.3 is 0 Å². The maximum Gasteiger partial charge on any atom is 0.107 e. The Kier molecular flexibility index (Phi) is 8.03. The molecule has 3 fully saturated rings. The van der Waals surface area contributed by atoms with E-state index in [-0.39, 0.29) is 30.5 Å². The number of ether oxygens (including phenoxy) is 3. The number of unbranched alkanes of at least 4 members (excludes halogenated alkanes) is 7. The first-order chi connectivity index (χ1) is 12.3. The van der Waals surface area contributed by atoms with Gasteiger partial charge in [-0.3, -0.25) is 0 Å². The van der Waals surface area contributed by atoms with Crippen LogP contribution in [0.5, 0.6) is 0 Å². The van der Waals surface area contributed by atoms with Crippen LogP contribution in [-0.2, 0) is 14.2 Å². The molecule has 4 nitrogen and oxygen atoms in total. The van der Waals surface area contributed by atoms with E-state index in [2.05, 4.69) is 6.92 Å². The molecule has 3 saturated heterocycles.